The fourth-order valence-electron chi connectivity index (χ4n) is 1.48. The van der Waals surface area contributed by atoms with Crippen molar-refractivity contribution in [3.8, 4) is 0 Å². The van der Waals surface area contributed by atoms with E-state index in [9.17, 15) is 18.0 Å². The van der Waals surface area contributed by atoms with Gasteiger partial charge in [-0.3, -0.25) is 4.79 Å². The highest BCUT2D eigenvalue weighted by atomic mass is 19.4. The number of hydrogen-bond acceptors (Lipinski definition) is 4. The molecule has 0 aliphatic rings. The van der Waals surface area contributed by atoms with E-state index in [-0.39, 0.29) is 18.1 Å². The van der Waals surface area contributed by atoms with Gasteiger partial charge in [0.15, 0.2) is 11.6 Å². The molecule has 0 atom stereocenters. The molecule has 0 fully saturated rings. The quantitative estimate of drug-likeness (QED) is 0.801. The molecular formula is C12H9F3N2O2. The van der Waals surface area contributed by atoms with Crippen LogP contribution in [-0.2, 0) is 12.8 Å². The summed E-state index contributed by atoms with van der Waals surface area (Å²) in [5, 5.41) is 3.19. The number of carbonyl (C=O) groups excluding carboxylic acids is 1. The smallest absolute Gasteiger partial charge is 0.339 e. The van der Waals surface area contributed by atoms with Crippen molar-refractivity contribution in [1.29, 1.82) is 0 Å². The third kappa shape index (κ3) is 3.90. The van der Waals surface area contributed by atoms with Gasteiger partial charge in [-0.1, -0.05) is 35.5 Å². The Morgan fingerprint density at radius 2 is 1.89 bits per heavy atom. The first kappa shape index (κ1) is 13.3. The van der Waals surface area contributed by atoms with Crippen LogP contribution < -0.4 is 0 Å². The predicted octanol–water partition coefficient (Wildman–Crippen LogP) is 2.60. The van der Waals surface area contributed by atoms with Crippen LogP contribution in [0.15, 0.2) is 34.9 Å². The van der Waals surface area contributed by atoms with Crippen LogP contribution in [0.3, 0.4) is 0 Å². The molecule has 0 saturated carbocycles. The van der Waals surface area contributed by atoms with Crippen LogP contribution in [0.1, 0.15) is 22.1 Å². The van der Waals surface area contributed by atoms with Crippen molar-refractivity contribution in [2.24, 2.45) is 0 Å². The zero-order chi connectivity index (χ0) is 13.9. The van der Waals surface area contributed by atoms with Gasteiger partial charge in [0.25, 0.3) is 0 Å². The molecule has 0 N–H and O–H groups in total. The Morgan fingerprint density at radius 1 is 1.21 bits per heavy atom. The Bertz CT molecular complexity index is 564. The first-order chi connectivity index (χ1) is 8.94. The Kier molecular flexibility index (Phi) is 3.64. The zero-order valence-electron chi connectivity index (χ0n) is 9.65. The van der Waals surface area contributed by atoms with Crippen LogP contribution in [0.25, 0.3) is 0 Å². The molecule has 0 saturated heterocycles. The Hall–Kier alpha value is -2.18. The molecule has 100 valence electrons. The SMILES string of the molecule is O=C(Cc1nc(CC(F)(F)F)no1)c1ccccc1. The van der Waals surface area contributed by atoms with Gasteiger partial charge in [0.1, 0.15) is 6.42 Å². The van der Waals surface area contributed by atoms with Crippen LogP contribution in [0.2, 0.25) is 0 Å². The van der Waals surface area contributed by atoms with Crippen molar-refractivity contribution in [1.82, 2.24) is 10.1 Å². The first-order valence-electron chi connectivity index (χ1n) is 5.40. The van der Waals surface area contributed by atoms with Crippen LogP contribution in [0, 0.1) is 0 Å². The normalized spacial score (nSPS) is 11.5. The largest absolute Gasteiger partial charge is 0.396 e. The highest BCUT2D eigenvalue weighted by Crippen LogP contribution is 2.19. The lowest BCUT2D eigenvalue weighted by atomic mass is 10.1. The molecule has 7 heteroatoms. The molecule has 0 bridgehead atoms. The fourth-order valence-corrected chi connectivity index (χ4v) is 1.48. The maximum absolute atomic E-state index is 12.1. The lowest BCUT2D eigenvalue weighted by Crippen LogP contribution is -2.12. The number of nitrogens with zero attached hydrogens (tertiary/aromatic N) is 2. The molecule has 2 rings (SSSR count). The number of hydrogen-bond donors (Lipinski definition) is 0. The molecule has 0 aliphatic carbocycles. The van der Waals surface area contributed by atoms with Crippen LogP contribution in [-0.4, -0.2) is 22.1 Å². The Balaban J connectivity index is 2.03. The van der Waals surface area contributed by atoms with Crippen LogP contribution >= 0.6 is 0 Å². The van der Waals surface area contributed by atoms with Gasteiger partial charge in [0, 0.05) is 5.56 Å². The summed E-state index contributed by atoms with van der Waals surface area (Å²) < 4.78 is 40.9. The van der Waals surface area contributed by atoms with Crippen molar-refractivity contribution in [2.45, 2.75) is 19.0 Å². The summed E-state index contributed by atoms with van der Waals surface area (Å²) in [5.41, 5.74) is 0.443. The third-order valence-corrected chi connectivity index (χ3v) is 2.28. The average Bonchev–Trinajstić information content (AvgIpc) is 2.75. The summed E-state index contributed by atoms with van der Waals surface area (Å²) in [6.07, 6.45) is -5.88. The van der Waals surface area contributed by atoms with Crippen LogP contribution in [0.5, 0.6) is 0 Å². The summed E-state index contributed by atoms with van der Waals surface area (Å²) in [7, 11) is 0. The maximum Gasteiger partial charge on any atom is 0.396 e. The molecule has 0 aliphatic heterocycles. The summed E-state index contributed by atoms with van der Waals surface area (Å²) in [6, 6.07) is 8.35. The second-order valence-electron chi connectivity index (χ2n) is 3.86. The van der Waals surface area contributed by atoms with Gasteiger partial charge < -0.3 is 4.52 Å². The lowest BCUT2D eigenvalue weighted by Gasteiger charge is -1.99. The summed E-state index contributed by atoms with van der Waals surface area (Å²) >= 11 is 0. The molecule has 0 unspecified atom stereocenters. The van der Waals surface area contributed by atoms with E-state index in [0.29, 0.717) is 5.56 Å². The van der Waals surface area contributed by atoms with E-state index in [4.69, 9.17) is 0 Å². The second-order valence-corrected chi connectivity index (χ2v) is 3.86. The van der Waals surface area contributed by atoms with E-state index in [0.717, 1.165) is 0 Å². The predicted molar refractivity (Wildman–Crippen MR) is 58.5 cm³/mol. The summed E-state index contributed by atoms with van der Waals surface area (Å²) in [4.78, 5) is 15.3. The molecule has 1 aromatic heterocycles. The van der Waals surface area contributed by atoms with Gasteiger partial charge >= 0.3 is 6.18 Å². The standard InChI is InChI=1S/C12H9F3N2O2/c13-12(14,15)7-10-16-11(19-17-10)6-9(18)8-4-2-1-3-5-8/h1-5H,6-7H2. The number of halogens is 3. The number of ketones is 1. The van der Waals surface area contributed by atoms with Crippen molar-refractivity contribution in [3.63, 3.8) is 0 Å². The highest BCUT2D eigenvalue weighted by Gasteiger charge is 2.30. The molecule has 1 heterocycles. The third-order valence-electron chi connectivity index (χ3n) is 2.28. The number of benzene rings is 1. The second kappa shape index (κ2) is 5.21. The number of alkyl halides is 3. The Morgan fingerprint density at radius 3 is 2.53 bits per heavy atom. The summed E-state index contributed by atoms with van der Waals surface area (Å²) in [5.74, 6) is -0.876. The van der Waals surface area contributed by atoms with Gasteiger partial charge in [-0.05, 0) is 0 Å². The van der Waals surface area contributed by atoms with Crippen molar-refractivity contribution in [2.75, 3.05) is 0 Å². The van der Waals surface area contributed by atoms with E-state index in [1.54, 1.807) is 30.3 Å². The average molecular weight is 270 g/mol. The molecule has 0 radical (unpaired) electrons. The van der Waals surface area contributed by atoms with E-state index in [1.807, 2.05) is 0 Å². The Labute approximate surface area is 106 Å². The van der Waals surface area contributed by atoms with Gasteiger partial charge in [0.2, 0.25) is 5.89 Å². The number of rotatable bonds is 4. The molecule has 1 aromatic carbocycles. The van der Waals surface area contributed by atoms with Gasteiger partial charge in [-0.2, -0.15) is 18.2 Å². The number of Topliss-reactive ketones (excluding diaryl/α,β-unsaturated/α-hetero) is 1. The van der Waals surface area contributed by atoms with E-state index in [2.05, 4.69) is 14.7 Å². The first-order valence-corrected chi connectivity index (χ1v) is 5.40. The van der Waals surface area contributed by atoms with Gasteiger partial charge in [0.05, 0.1) is 6.42 Å². The highest BCUT2D eigenvalue weighted by molar-refractivity contribution is 5.96. The minimum Gasteiger partial charge on any atom is -0.339 e. The molecule has 2 aromatic rings. The van der Waals surface area contributed by atoms with Gasteiger partial charge in [-0.25, -0.2) is 0 Å². The zero-order valence-corrected chi connectivity index (χ0v) is 9.65. The molecular weight excluding hydrogens is 261 g/mol. The lowest BCUT2D eigenvalue weighted by molar-refractivity contribution is -0.128. The molecule has 0 spiro atoms. The number of aromatic nitrogens is 2. The molecule has 4 nitrogen and oxygen atoms in total. The minimum absolute atomic E-state index is 0.117. The monoisotopic (exact) mass is 270 g/mol. The van der Waals surface area contributed by atoms with Crippen molar-refractivity contribution >= 4 is 5.78 Å². The van der Waals surface area contributed by atoms with Crippen LogP contribution in [0.4, 0.5) is 13.2 Å². The van der Waals surface area contributed by atoms with E-state index >= 15 is 0 Å². The molecule has 0 amide bonds. The number of carbonyl (C=O) groups is 1. The van der Waals surface area contributed by atoms with E-state index < -0.39 is 18.4 Å². The minimum atomic E-state index is -4.40. The van der Waals surface area contributed by atoms with Crippen molar-refractivity contribution in [3.05, 3.63) is 47.6 Å². The fraction of sp³-hybridized carbons (Fsp3) is 0.250. The summed E-state index contributed by atoms with van der Waals surface area (Å²) in [6.45, 7) is 0. The van der Waals surface area contributed by atoms with Gasteiger partial charge in [-0.15, -0.1) is 0 Å². The topological polar surface area (TPSA) is 56.0 Å². The van der Waals surface area contributed by atoms with Crippen molar-refractivity contribution < 1.29 is 22.5 Å². The van der Waals surface area contributed by atoms with E-state index in [1.165, 1.54) is 0 Å². The molecule has 19 heavy (non-hydrogen) atoms. The maximum atomic E-state index is 12.1.